The smallest absolute Gasteiger partial charge is 0.284 e. The van der Waals surface area contributed by atoms with E-state index in [2.05, 4.69) is 15.9 Å². The Labute approximate surface area is 85.2 Å². The number of hydrogen-bond acceptors (Lipinski definition) is 3. The molecule has 0 bridgehead atoms. The van der Waals surface area contributed by atoms with Crippen molar-refractivity contribution < 1.29 is 9.97 Å². The maximum absolute atomic E-state index is 11.5. The lowest BCUT2D eigenvalue weighted by molar-refractivity contribution is -0.949. The number of likely N-dealkylation sites (N-methyl/N-ethyl adjacent to an activating group) is 1. The molecule has 0 aromatic rings. The molecule has 1 aliphatic heterocycles. The number of nitrogens with zero attached hydrogens (tertiary/aromatic N) is 2. The number of nitrogens with one attached hydrogen (secondary N) is 1. The summed E-state index contributed by atoms with van der Waals surface area (Å²) in [6.45, 7) is 4.68. The van der Waals surface area contributed by atoms with Crippen molar-refractivity contribution in [3.05, 3.63) is 15.9 Å². The third kappa shape index (κ3) is 1.91. The molecule has 0 aromatic carbocycles. The molecule has 1 atom stereocenters. The molecule has 0 spiro atoms. The van der Waals surface area contributed by atoms with Crippen LogP contribution in [0.2, 0.25) is 0 Å². The summed E-state index contributed by atoms with van der Waals surface area (Å²) in [7, 11) is 0. The summed E-state index contributed by atoms with van der Waals surface area (Å²) in [6.07, 6.45) is 1.30. The molecule has 0 fully saturated rings. The summed E-state index contributed by atoms with van der Waals surface area (Å²) in [5.74, 6) is -0.163. The molecular formula is C7H12BrN3O2. The Morgan fingerprint density at radius 2 is 2.15 bits per heavy atom. The molecule has 1 unspecified atom stereocenters. The lowest BCUT2D eigenvalue weighted by Gasteiger charge is -2.40. The number of carbonyl (C=O) groups is 1. The zero-order valence-corrected chi connectivity index (χ0v) is 9.17. The van der Waals surface area contributed by atoms with Gasteiger partial charge in [-0.2, -0.15) is 0 Å². The monoisotopic (exact) mass is 249 g/mol. The highest BCUT2D eigenvalue weighted by Crippen LogP contribution is 2.11. The first-order valence-corrected chi connectivity index (χ1v) is 4.91. The maximum Gasteiger partial charge on any atom is 0.284 e. The molecule has 1 aliphatic rings. The minimum absolute atomic E-state index is 0.157. The van der Waals surface area contributed by atoms with Crippen molar-refractivity contribution in [1.82, 2.24) is 10.1 Å². The van der Waals surface area contributed by atoms with E-state index in [0.29, 0.717) is 17.6 Å². The van der Waals surface area contributed by atoms with Crippen LogP contribution < -0.4 is 5.17 Å². The summed E-state index contributed by atoms with van der Waals surface area (Å²) in [6, 6.07) is 0. The van der Waals surface area contributed by atoms with Crippen LogP contribution in [0, 0.1) is 5.21 Å². The van der Waals surface area contributed by atoms with Gasteiger partial charge in [-0.3, -0.25) is 4.79 Å². The molecule has 0 radical (unpaired) electrons. The standard InChI is InChI=1S/C7H12BrN3O2/c1-3-9-7(12)6(8)5-11(13)10(9)4-2/h5,11H,3-4H2,1-2H3. The van der Waals surface area contributed by atoms with E-state index in [9.17, 15) is 10.0 Å². The zero-order chi connectivity index (χ0) is 10.0. The Morgan fingerprint density at radius 1 is 1.54 bits per heavy atom. The van der Waals surface area contributed by atoms with E-state index < -0.39 is 0 Å². The van der Waals surface area contributed by atoms with Gasteiger partial charge in [-0.15, -0.1) is 0 Å². The lowest BCUT2D eigenvalue weighted by Crippen LogP contribution is -3.13. The fourth-order valence-corrected chi connectivity index (χ4v) is 1.64. The molecule has 1 heterocycles. The highest BCUT2D eigenvalue weighted by molar-refractivity contribution is 9.12. The van der Waals surface area contributed by atoms with Gasteiger partial charge in [0.15, 0.2) is 0 Å². The maximum atomic E-state index is 11.5. The molecule has 0 saturated carbocycles. The van der Waals surface area contributed by atoms with Crippen molar-refractivity contribution in [2.24, 2.45) is 0 Å². The van der Waals surface area contributed by atoms with Crippen molar-refractivity contribution in [1.29, 1.82) is 0 Å². The molecule has 74 valence electrons. The van der Waals surface area contributed by atoms with Crippen LogP contribution in [-0.2, 0) is 4.79 Å². The second kappa shape index (κ2) is 4.19. The second-order valence-electron chi connectivity index (χ2n) is 2.57. The second-order valence-corrected chi connectivity index (χ2v) is 3.42. The SMILES string of the molecule is CCN1C(=O)C(Br)=C[NH+]([O-])N1CC. The number of hydroxylamine groups is 1. The van der Waals surface area contributed by atoms with Crippen LogP contribution in [0.3, 0.4) is 0 Å². The zero-order valence-electron chi connectivity index (χ0n) is 7.58. The average Bonchev–Trinajstić information content (AvgIpc) is 2.10. The quantitative estimate of drug-likeness (QED) is 0.680. The first-order valence-electron chi connectivity index (χ1n) is 4.12. The number of rotatable bonds is 2. The first kappa shape index (κ1) is 10.6. The highest BCUT2D eigenvalue weighted by atomic mass is 79.9. The number of hydrazine groups is 1. The third-order valence-corrected chi connectivity index (χ3v) is 2.40. The molecule has 13 heavy (non-hydrogen) atoms. The Bertz CT molecular complexity index is 244. The number of halogens is 1. The molecule has 0 aliphatic carbocycles. The molecule has 1 amide bonds. The van der Waals surface area contributed by atoms with Gasteiger partial charge in [-0.05, 0) is 29.8 Å². The molecule has 5 nitrogen and oxygen atoms in total. The van der Waals surface area contributed by atoms with Crippen molar-refractivity contribution in [2.75, 3.05) is 13.1 Å². The van der Waals surface area contributed by atoms with Gasteiger partial charge >= 0.3 is 0 Å². The molecule has 1 rings (SSSR count). The first-order chi connectivity index (χ1) is 6.11. The van der Waals surface area contributed by atoms with Crippen LogP contribution in [-0.4, -0.2) is 29.1 Å². The van der Waals surface area contributed by atoms with Crippen molar-refractivity contribution >= 4 is 21.8 Å². The minimum Gasteiger partial charge on any atom is -0.607 e. The van der Waals surface area contributed by atoms with Gasteiger partial charge in [0.1, 0.15) is 10.7 Å². The summed E-state index contributed by atoms with van der Waals surface area (Å²) >= 11 is 3.05. The van der Waals surface area contributed by atoms with Gasteiger partial charge in [0.25, 0.3) is 5.91 Å². The Morgan fingerprint density at radius 3 is 2.62 bits per heavy atom. The van der Waals surface area contributed by atoms with Gasteiger partial charge < -0.3 is 5.21 Å². The van der Waals surface area contributed by atoms with Gasteiger partial charge in [0.05, 0.1) is 6.54 Å². The van der Waals surface area contributed by atoms with E-state index in [0.717, 1.165) is 0 Å². The predicted molar refractivity (Wildman–Crippen MR) is 51.1 cm³/mol. The van der Waals surface area contributed by atoms with Crippen LogP contribution in [0.4, 0.5) is 0 Å². The Balaban J connectivity index is 2.93. The normalized spacial score (nSPS) is 24.9. The van der Waals surface area contributed by atoms with E-state index in [1.54, 1.807) is 0 Å². The fourth-order valence-electron chi connectivity index (χ4n) is 1.24. The van der Waals surface area contributed by atoms with Gasteiger partial charge in [-0.25, -0.2) is 10.2 Å². The summed E-state index contributed by atoms with van der Waals surface area (Å²) in [4.78, 5) is 11.5. The number of carbonyl (C=O) groups excluding carboxylic acids is 1. The molecule has 6 heteroatoms. The van der Waals surface area contributed by atoms with Crippen LogP contribution in [0.1, 0.15) is 13.8 Å². The van der Waals surface area contributed by atoms with Crippen molar-refractivity contribution in [3.8, 4) is 0 Å². The van der Waals surface area contributed by atoms with Crippen LogP contribution in [0.25, 0.3) is 0 Å². The van der Waals surface area contributed by atoms with Gasteiger partial charge in [0.2, 0.25) is 0 Å². The van der Waals surface area contributed by atoms with Gasteiger partial charge in [0, 0.05) is 6.54 Å². The third-order valence-electron chi connectivity index (χ3n) is 1.83. The van der Waals surface area contributed by atoms with E-state index in [1.165, 1.54) is 16.3 Å². The van der Waals surface area contributed by atoms with Gasteiger partial charge in [-0.1, -0.05) is 5.12 Å². The van der Waals surface area contributed by atoms with Crippen LogP contribution >= 0.6 is 15.9 Å². The minimum atomic E-state index is -0.163. The van der Waals surface area contributed by atoms with Crippen LogP contribution in [0.5, 0.6) is 0 Å². The molecular weight excluding hydrogens is 238 g/mol. The highest BCUT2D eigenvalue weighted by Gasteiger charge is 2.30. The Kier molecular flexibility index (Phi) is 3.43. The molecule has 0 aromatic heterocycles. The lowest BCUT2D eigenvalue weighted by atomic mass is 10.5. The topological polar surface area (TPSA) is 51.1 Å². The fraction of sp³-hybridized carbons (Fsp3) is 0.571. The summed E-state index contributed by atoms with van der Waals surface area (Å²) in [5.41, 5.74) is 0. The van der Waals surface area contributed by atoms with Crippen molar-refractivity contribution in [2.45, 2.75) is 13.8 Å². The van der Waals surface area contributed by atoms with E-state index in [-0.39, 0.29) is 11.1 Å². The van der Waals surface area contributed by atoms with Crippen molar-refractivity contribution in [3.63, 3.8) is 0 Å². The van der Waals surface area contributed by atoms with E-state index in [1.807, 2.05) is 13.8 Å². The largest absolute Gasteiger partial charge is 0.607 e. The van der Waals surface area contributed by atoms with Crippen LogP contribution in [0.15, 0.2) is 10.7 Å². The van der Waals surface area contributed by atoms with E-state index in [4.69, 9.17) is 0 Å². The predicted octanol–water partition coefficient (Wildman–Crippen LogP) is -0.381. The number of amides is 1. The molecule has 0 saturated heterocycles. The Hall–Kier alpha value is -0.430. The molecule has 1 N–H and O–H groups in total. The number of quaternary nitrogens is 1. The number of hydrogen-bond donors (Lipinski definition) is 1. The van der Waals surface area contributed by atoms with E-state index >= 15 is 0 Å². The summed E-state index contributed by atoms with van der Waals surface area (Å²) in [5, 5.41) is 14.1. The summed E-state index contributed by atoms with van der Waals surface area (Å²) < 4.78 is 0.323. The average molecular weight is 250 g/mol.